The van der Waals surface area contributed by atoms with Gasteiger partial charge in [0, 0.05) is 5.41 Å². The van der Waals surface area contributed by atoms with Crippen LogP contribution in [0.15, 0.2) is 152 Å². The van der Waals surface area contributed by atoms with Crippen molar-refractivity contribution in [2.75, 3.05) is 0 Å². The number of fused-ring (bicyclic) bond motifs is 6. The van der Waals surface area contributed by atoms with Crippen LogP contribution in [0.4, 0.5) is 0 Å². The fraction of sp³-hybridized carbons (Fsp3) is 0.143. The van der Waals surface area contributed by atoms with Crippen molar-refractivity contribution in [3.8, 4) is 44.5 Å². The summed E-state index contributed by atoms with van der Waals surface area (Å²) in [6.07, 6.45) is 0. The molecule has 0 heteroatoms. The lowest BCUT2D eigenvalue weighted by molar-refractivity contribution is 0.601. The van der Waals surface area contributed by atoms with Crippen molar-refractivity contribution in [3.63, 3.8) is 0 Å². The maximum Gasteiger partial charge on any atom is 0.0159 e. The van der Waals surface area contributed by atoms with E-state index in [0.717, 1.165) is 0 Å². The van der Waals surface area contributed by atoms with Gasteiger partial charge < -0.3 is 0 Å². The van der Waals surface area contributed by atoms with Crippen LogP contribution in [0, 0.1) is 0 Å². The summed E-state index contributed by atoms with van der Waals surface area (Å²) in [5.41, 5.74) is 14.5. The highest BCUT2D eigenvalue weighted by molar-refractivity contribution is 6.19. The predicted molar refractivity (Wildman–Crippen MR) is 212 cm³/mol. The predicted octanol–water partition coefficient (Wildman–Crippen LogP) is 13.8. The van der Waals surface area contributed by atoms with Gasteiger partial charge in [-0.2, -0.15) is 0 Å². The first kappa shape index (κ1) is 29.7. The Morgan fingerprint density at radius 3 is 1.67 bits per heavy atom. The molecule has 0 unspecified atom stereocenters. The molecular weight excluding hydrogens is 589 g/mol. The molecule has 8 aromatic carbocycles. The van der Waals surface area contributed by atoms with Gasteiger partial charge in [-0.3, -0.25) is 0 Å². The van der Waals surface area contributed by atoms with Gasteiger partial charge in [0.15, 0.2) is 0 Å². The fourth-order valence-corrected chi connectivity index (χ4v) is 8.64. The molecule has 0 spiro atoms. The summed E-state index contributed by atoms with van der Waals surface area (Å²) < 4.78 is 0. The van der Waals surface area contributed by atoms with Gasteiger partial charge in [0.2, 0.25) is 0 Å². The van der Waals surface area contributed by atoms with E-state index < -0.39 is 0 Å². The van der Waals surface area contributed by atoms with Crippen molar-refractivity contribution in [3.05, 3.63) is 168 Å². The van der Waals surface area contributed by atoms with Crippen molar-refractivity contribution in [2.24, 2.45) is 0 Å². The molecule has 1 aliphatic rings. The van der Waals surface area contributed by atoms with Gasteiger partial charge in [0.05, 0.1) is 0 Å². The molecule has 0 nitrogen and oxygen atoms in total. The zero-order valence-corrected chi connectivity index (χ0v) is 28.9. The van der Waals surface area contributed by atoms with Crippen molar-refractivity contribution in [1.82, 2.24) is 0 Å². The Morgan fingerprint density at radius 2 is 0.918 bits per heavy atom. The monoisotopic (exact) mass is 628 g/mol. The summed E-state index contributed by atoms with van der Waals surface area (Å²) >= 11 is 0. The average molecular weight is 629 g/mol. The maximum absolute atomic E-state index is 2.45. The van der Waals surface area contributed by atoms with Gasteiger partial charge in [-0.25, -0.2) is 0 Å². The van der Waals surface area contributed by atoms with E-state index in [2.05, 4.69) is 186 Å². The van der Waals surface area contributed by atoms with E-state index in [0.29, 0.717) is 0 Å². The molecule has 0 bridgehead atoms. The van der Waals surface area contributed by atoms with E-state index in [4.69, 9.17) is 0 Å². The third-order valence-electron chi connectivity index (χ3n) is 11.0. The molecular formula is C49H40. The van der Waals surface area contributed by atoms with Gasteiger partial charge in [-0.05, 0) is 111 Å². The third-order valence-corrected chi connectivity index (χ3v) is 11.0. The van der Waals surface area contributed by atoms with Crippen LogP contribution in [0.3, 0.4) is 0 Å². The number of hydrogen-bond acceptors (Lipinski definition) is 0. The average Bonchev–Trinajstić information content (AvgIpc) is 3.35. The molecule has 0 N–H and O–H groups in total. The SMILES string of the molecule is CC(C)(C)c1c2ccccc2c(-c2cccc3ccccc23)c2ccc(-c3ccc(-c4ccc5c(c4)C(C)(C)c4ccccc4-5)cc3)cc12. The van der Waals surface area contributed by atoms with Crippen LogP contribution in [-0.2, 0) is 10.8 Å². The van der Waals surface area contributed by atoms with Gasteiger partial charge in [0.1, 0.15) is 0 Å². The highest BCUT2D eigenvalue weighted by Crippen LogP contribution is 2.50. The molecule has 0 aliphatic heterocycles. The molecule has 0 saturated carbocycles. The van der Waals surface area contributed by atoms with Crippen LogP contribution in [-0.4, -0.2) is 0 Å². The van der Waals surface area contributed by atoms with E-state index in [9.17, 15) is 0 Å². The molecule has 0 fully saturated rings. The zero-order valence-electron chi connectivity index (χ0n) is 28.9. The molecule has 0 atom stereocenters. The first-order valence-corrected chi connectivity index (χ1v) is 17.5. The van der Waals surface area contributed by atoms with Gasteiger partial charge >= 0.3 is 0 Å². The van der Waals surface area contributed by atoms with Crippen LogP contribution in [0.1, 0.15) is 51.3 Å². The van der Waals surface area contributed by atoms with E-state index in [1.807, 2.05) is 0 Å². The minimum atomic E-state index is -0.0430. The fourth-order valence-electron chi connectivity index (χ4n) is 8.64. The van der Waals surface area contributed by atoms with E-state index in [1.165, 1.54) is 93.5 Å². The lowest BCUT2D eigenvalue weighted by atomic mass is 9.77. The molecule has 9 rings (SSSR count). The first-order valence-electron chi connectivity index (χ1n) is 17.5. The molecule has 0 radical (unpaired) electrons. The van der Waals surface area contributed by atoms with Crippen LogP contribution in [0.2, 0.25) is 0 Å². The summed E-state index contributed by atoms with van der Waals surface area (Å²) in [5, 5.41) is 7.84. The van der Waals surface area contributed by atoms with Crippen LogP contribution in [0.5, 0.6) is 0 Å². The molecule has 49 heavy (non-hydrogen) atoms. The van der Waals surface area contributed by atoms with E-state index in [1.54, 1.807) is 0 Å². The minimum Gasteiger partial charge on any atom is -0.0619 e. The Hall–Kier alpha value is -5.46. The minimum absolute atomic E-state index is 0.00715. The van der Waals surface area contributed by atoms with Gasteiger partial charge in [-0.1, -0.05) is 174 Å². The summed E-state index contributed by atoms with van der Waals surface area (Å²) in [6, 6.07) is 56.7. The molecule has 0 aromatic heterocycles. The van der Waals surface area contributed by atoms with Gasteiger partial charge in [0.25, 0.3) is 0 Å². The van der Waals surface area contributed by atoms with Crippen molar-refractivity contribution < 1.29 is 0 Å². The maximum atomic E-state index is 2.45. The quantitative estimate of drug-likeness (QED) is 0.171. The smallest absolute Gasteiger partial charge is 0.0159 e. The first-order chi connectivity index (χ1) is 23.7. The molecule has 0 amide bonds. The molecule has 1 aliphatic carbocycles. The van der Waals surface area contributed by atoms with Crippen molar-refractivity contribution >= 4 is 32.3 Å². The summed E-state index contributed by atoms with van der Waals surface area (Å²) in [5.74, 6) is 0. The molecule has 0 heterocycles. The second-order valence-corrected chi connectivity index (χ2v) is 15.3. The van der Waals surface area contributed by atoms with Crippen LogP contribution >= 0.6 is 0 Å². The Labute approximate surface area is 289 Å². The summed E-state index contributed by atoms with van der Waals surface area (Å²) in [4.78, 5) is 0. The molecule has 0 saturated heterocycles. The lowest BCUT2D eigenvalue weighted by Gasteiger charge is -2.27. The Balaban J connectivity index is 1.19. The molecule has 8 aromatic rings. The van der Waals surface area contributed by atoms with E-state index >= 15 is 0 Å². The standard InChI is InChI=1S/C49H40/c1-48(2,3)47-42-18-9-8-17-40(42)46(39-19-12-14-33-13-6-7-15-36(33)39)41-28-26-34(29-43(41)47)31-21-23-32(24-22-31)35-25-27-38-37-16-10-11-20-44(37)49(4,5)45(38)30-35/h6-30H,1-5H3. The summed E-state index contributed by atoms with van der Waals surface area (Å²) in [6.45, 7) is 11.8. The second kappa shape index (κ2) is 10.8. The number of rotatable bonds is 3. The third kappa shape index (κ3) is 4.58. The topological polar surface area (TPSA) is 0 Å². The largest absolute Gasteiger partial charge is 0.0619 e. The highest BCUT2D eigenvalue weighted by atomic mass is 14.4. The van der Waals surface area contributed by atoms with E-state index in [-0.39, 0.29) is 10.8 Å². The van der Waals surface area contributed by atoms with Gasteiger partial charge in [-0.15, -0.1) is 0 Å². The number of hydrogen-bond donors (Lipinski definition) is 0. The van der Waals surface area contributed by atoms with Crippen LogP contribution in [0.25, 0.3) is 76.8 Å². The molecule has 236 valence electrons. The summed E-state index contributed by atoms with van der Waals surface area (Å²) in [7, 11) is 0. The Morgan fingerprint density at radius 1 is 0.388 bits per heavy atom. The highest BCUT2D eigenvalue weighted by Gasteiger charge is 2.35. The van der Waals surface area contributed by atoms with Crippen molar-refractivity contribution in [2.45, 2.75) is 45.4 Å². The Kier molecular flexibility index (Phi) is 6.52. The van der Waals surface area contributed by atoms with Crippen LogP contribution < -0.4 is 0 Å². The normalized spacial score (nSPS) is 13.6. The number of benzene rings is 8. The zero-order chi connectivity index (χ0) is 33.5. The second-order valence-electron chi connectivity index (χ2n) is 15.3. The Bertz CT molecular complexity index is 2580. The van der Waals surface area contributed by atoms with Crippen molar-refractivity contribution in [1.29, 1.82) is 0 Å². The lowest BCUT2D eigenvalue weighted by Crippen LogP contribution is -2.14.